The molecule has 0 amide bonds. The first-order valence-electron chi connectivity index (χ1n) is 5.04. The average Bonchev–Trinajstić information content (AvgIpc) is 2.76. The Morgan fingerprint density at radius 1 is 1.25 bits per heavy atom. The molecule has 0 fully saturated rings. The molecule has 0 radical (unpaired) electrons. The number of benzene rings is 1. The maximum absolute atomic E-state index is 12.6. The van der Waals surface area contributed by atoms with Crippen LogP contribution in [-0.4, -0.2) is 20.9 Å². The Morgan fingerprint density at radius 2 is 1.80 bits per heavy atom. The molecule has 1 aromatic carbocycles. The van der Waals surface area contributed by atoms with Gasteiger partial charge in [0.2, 0.25) is 0 Å². The number of hydrogen-bond acceptors (Lipinski definition) is 2. The monoisotopic (exact) mass is 324 g/mol. The van der Waals surface area contributed by atoms with E-state index < -0.39 is 17.7 Å². The minimum atomic E-state index is -4.58. The fraction of sp³-hybridized carbons (Fsp3) is 0.0909. The van der Waals surface area contributed by atoms with Crippen molar-refractivity contribution < 1.29 is 23.1 Å². The summed E-state index contributed by atoms with van der Waals surface area (Å²) in [6, 6.07) is 1.40. The highest BCUT2D eigenvalue weighted by atomic mass is 35.5. The first-order valence-corrected chi connectivity index (χ1v) is 5.80. The minimum Gasteiger partial charge on any atom is -0.478 e. The summed E-state index contributed by atoms with van der Waals surface area (Å²) in [4.78, 5) is 10.7. The lowest BCUT2D eigenvalue weighted by molar-refractivity contribution is -0.137. The molecule has 0 aliphatic heterocycles. The second kappa shape index (κ2) is 4.99. The largest absolute Gasteiger partial charge is 0.478 e. The van der Waals surface area contributed by atoms with Crippen LogP contribution in [0.25, 0.3) is 5.69 Å². The van der Waals surface area contributed by atoms with Crippen LogP contribution in [0, 0.1) is 0 Å². The van der Waals surface area contributed by atoms with Crippen molar-refractivity contribution in [3.63, 3.8) is 0 Å². The van der Waals surface area contributed by atoms with Gasteiger partial charge >= 0.3 is 12.1 Å². The SMILES string of the molecule is O=C(O)c1cnn(-c2c(Cl)cc(C(F)(F)F)cc2Cl)c1. The number of carboxylic acid groups (broad SMARTS) is 1. The predicted octanol–water partition coefficient (Wildman–Crippen LogP) is 3.90. The van der Waals surface area contributed by atoms with E-state index in [9.17, 15) is 18.0 Å². The Morgan fingerprint density at radius 3 is 2.20 bits per heavy atom. The first kappa shape index (κ1) is 14.7. The normalized spacial score (nSPS) is 11.7. The molecule has 0 unspecified atom stereocenters. The highest BCUT2D eigenvalue weighted by Gasteiger charge is 2.32. The van der Waals surface area contributed by atoms with Crippen molar-refractivity contribution in [2.24, 2.45) is 0 Å². The van der Waals surface area contributed by atoms with E-state index >= 15 is 0 Å². The first-order chi connectivity index (χ1) is 9.20. The summed E-state index contributed by atoms with van der Waals surface area (Å²) in [5.41, 5.74) is -1.16. The number of alkyl halides is 3. The molecule has 4 nitrogen and oxygen atoms in total. The summed E-state index contributed by atoms with van der Waals surface area (Å²) in [7, 11) is 0. The maximum atomic E-state index is 12.6. The van der Waals surface area contributed by atoms with Crippen molar-refractivity contribution in [1.29, 1.82) is 0 Å². The molecule has 2 aromatic rings. The molecule has 1 aromatic heterocycles. The molecule has 106 valence electrons. The summed E-state index contributed by atoms with van der Waals surface area (Å²) in [6.45, 7) is 0. The van der Waals surface area contributed by atoms with Gasteiger partial charge in [0.25, 0.3) is 0 Å². The number of aromatic carboxylic acids is 1. The van der Waals surface area contributed by atoms with Crippen molar-refractivity contribution >= 4 is 29.2 Å². The smallest absolute Gasteiger partial charge is 0.416 e. The Kier molecular flexibility index (Phi) is 3.66. The summed E-state index contributed by atoms with van der Waals surface area (Å²) in [5.74, 6) is -1.23. The van der Waals surface area contributed by atoms with Gasteiger partial charge in [0.05, 0.1) is 27.4 Å². The van der Waals surface area contributed by atoms with E-state index in [1.165, 1.54) is 0 Å². The van der Waals surface area contributed by atoms with Gasteiger partial charge in [-0.3, -0.25) is 0 Å². The third-order valence-corrected chi connectivity index (χ3v) is 2.98. The molecule has 0 saturated heterocycles. The second-order valence-corrected chi connectivity index (χ2v) is 4.58. The summed E-state index contributed by atoms with van der Waals surface area (Å²) >= 11 is 11.5. The zero-order valence-corrected chi connectivity index (χ0v) is 11.0. The van der Waals surface area contributed by atoms with Crippen molar-refractivity contribution in [3.8, 4) is 5.69 Å². The molecule has 0 spiro atoms. The van der Waals surface area contributed by atoms with Gasteiger partial charge in [-0.15, -0.1) is 0 Å². The standard InChI is InChI=1S/C11H5Cl2F3N2O2/c12-7-1-6(11(14,15)16)2-8(13)9(7)18-4-5(3-17-18)10(19)20/h1-4H,(H,19,20). The fourth-order valence-electron chi connectivity index (χ4n) is 1.50. The number of hydrogen-bond donors (Lipinski definition) is 1. The molecule has 0 saturated carbocycles. The lowest BCUT2D eigenvalue weighted by Crippen LogP contribution is -2.07. The number of aromatic nitrogens is 2. The molecule has 0 bridgehead atoms. The molecule has 20 heavy (non-hydrogen) atoms. The highest BCUT2D eigenvalue weighted by Crippen LogP contribution is 2.37. The lowest BCUT2D eigenvalue weighted by atomic mass is 10.2. The van der Waals surface area contributed by atoms with E-state index in [1.807, 2.05) is 0 Å². The van der Waals surface area contributed by atoms with E-state index in [1.54, 1.807) is 0 Å². The topological polar surface area (TPSA) is 55.1 Å². The van der Waals surface area contributed by atoms with Gasteiger partial charge in [-0.1, -0.05) is 23.2 Å². The van der Waals surface area contributed by atoms with Crippen LogP contribution in [0.3, 0.4) is 0 Å². The molecule has 1 N–H and O–H groups in total. The van der Waals surface area contributed by atoms with Gasteiger partial charge in [0.15, 0.2) is 0 Å². The molecule has 2 rings (SSSR count). The van der Waals surface area contributed by atoms with E-state index in [2.05, 4.69) is 5.10 Å². The third kappa shape index (κ3) is 2.73. The van der Waals surface area contributed by atoms with Crippen molar-refractivity contribution in [2.45, 2.75) is 6.18 Å². The molecular formula is C11H5Cl2F3N2O2. The zero-order chi connectivity index (χ0) is 15.1. The summed E-state index contributed by atoms with van der Waals surface area (Å²) < 4.78 is 38.7. The Balaban J connectivity index is 2.55. The Hall–Kier alpha value is -1.73. The number of halogens is 5. The van der Waals surface area contributed by atoms with Crippen LogP contribution in [0.2, 0.25) is 10.0 Å². The van der Waals surface area contributed by atoms with Crippen LogP contribution >= 0.6 is 23.2 Å². The minimum absolute atomic E-state index is 0.0196. The fourth-order valence-corrected chi connectivity index (χ4v) is 2.16. The van der Waals surface area contributed by atoms with Crippen LogP contribution in [0.1, 0.15) is 15.9 Å². The van der Waals surface area contributed by atoms with Crippen LogP contribution < -0.4 is 0 Å². The zero-order valence-electron chi connectivity index (χ0n) is 9.45. The molecule has 0 atom stereocenters. The van der Waals surface area contributed by atoms with Crippen molar-refractivity contribution in [1.82, 2.24) is 9.78 Å². The molecule has 0 aliphatic carbocycles. The van der Waals surface area contributed by atoms with Gasteiger partial charge in [0.1, 0.15) is 5.69 Å². The van der Waals surface area contributed by atoms with Gasteiger partial charge < -0.3 is 5.11 Å². The molecule has 0 aliphatic rings. The number of carboxylic acids is 1. The van der Waals surface area contributed by atoms with Crippen LogP contribution in [0.15, 0.2) is 24.5 Å². The van der Waals surface area contributed by atoms with Gasteiger partial charge in [-0.05, 0) is 12.1 Å². The van der Waals surface area contributed by atoms with Crippen LogP contribution in [-0.2, 0) is 6.18 Å². The average molecular weight is 325 g/mol. The van der Waals surface area contributed by atoms with Crippen molar-refractivity contribution in [3.05, 3.63) is 45.7 Å². The van der Waals surface area contributed by atoms with E-state index in [0.717, 1.165) is 17.1 Å². The van der Waals surface area contributed by atoms with Crippen LogP contribution in [0.4, 0.5) is 13.2 Å². The number of nitrogens with zero attached hydrogens (tertiary/aromatic N) is 2. The Labute approximate surface area is 120 Å². The molecule has 9 heteroatoms. The highest BCUT2D eigenvalue weighted by molar-refractivity contribution is 6.37. The van der Waals surface area contributed by atoms with Gasteiger partial charge in [-0.2, -0.15) is 18.3 Å². The third-order valence-electron chi connectivity index (χ3n) is 2.40. The Bertz CT molecular complexity index is 660. The lowest BCUT2D eigenvalue weighted by Gasteiger charge is -2.12. The molecular weight excluding hydrogens is 320 g/mol. The van der Waals surface area contributed by atoms with Gasteiger partial charge in [-0.25, -0.2) is 9.48 Å². The maximum Gasteiger partial charge on any atom is 0.416 e. The quantitative estimate of drug-likeness (QED) is 0.911. The van der Waals surface area contributed by atoms with E-state index in [-0.39, 0.29) is 21.3 Å². The molecule has 1 heterocycles. The number of rotatable bonds is 2. The second-order valence-electron chi connectivity index (χ2n) is 3.76. The van der Waals surface area contributed by atoms with Crippen molar-refractivity contribution in [2.75, 3.05) is 0 Å². The predicted molar refractivity (Wildman–Crippen MR) is 65.5 cm³/mol. The summed E-state index contributed by atoms with van der Waals surface area (Å²) in [6.07, 6.45) is -2.45. The van der Waals surface area contributed by atoms with E-state index in [0.29, 0.717) is 12.1 Å². The number of carbonyl (C=O) groups is 1. The van der Waals surface area contributed by atoms with Gasteiger partial charge in [0, 0.05) is 6.20 Å². The van der Waals surface area contributed by atoms with E-state index in [4.69, 9.17) is 28.3 Å². The van der Waals surface area contributed by atoms with Crippen LogP contribution in [0.5, 0.6) is 0 Å². The summed E-state index contributed by atoms with van der Waals surface area (Å²) in [5, 5.41) is 11.9.